The Balaban J connectivity index is 1.48. The van der Waals surface area contributed by atoms with Crippen LogP contribution in [0.1, 0.15) is 25.7 Å². The summed E-state index contributed by atoms with van der Waals surface area (Å²) in [5.41, 5.74) is -0.233. The van der Waals surface area contributed by atoms with Gasteiger partial charge < -0.3 is 10.2 Å². The minimum atomic E-state index is -0.233. The lowest BCUT2D eigenvalue weighted by Gasteiger charge is -2.38. The molecule has 2 heteroatoms. The van der Waals surface area contributed by atoms with Crippen molar-refractivity contribution in [1.82, 2.24) is 0 Å². The fourth-order valence-corrected chi connectivity index (χ4v) is 12.1. The van der Waals surface area contributed by atoms with Gasteiger partial charge in [-0.25, -0.2) is 0 Å². The fourth-order valence-electron chi connectivity index (χ4n) is 12.1. The molecule has 15 atom stereocenters. The summed E-state index contributed by atoms with van der Waals surface area (Å²) >= 11 is 0. The highest BCUT2D eigenvalue weighted by atomic mass is 16.3. The first kappa shape index (κ1) is 11.5. The number of hydrogen-bond donors (Lipinski definition) is 2. The molecule has 8 saturated carbocycles. The van der Waals surface area contributed by atoms with E-state index in [1.807, 2.05) is 0 Å². The summed E-state index contributed by atoms with van der Waals surface area (Å²) in [6.07, 6.45) is 5.39. The van der Waals surface area contributed by atoms with Crippen LogP contribution in [0.25, 0.3) is 0 Å². The van der Waals surface area contributed by atoms with E-state index in [4.69, 9.17) is 0 Å². The maximum atomic E-state index is 12.0. The average molecular weight is 298 g/mol. The number of aliphatic hydroxyl groups is 2. The van der Waals surface area contributed by atoms with E-state index < -0.39 is 0 Å². The summed E-state index contributed by atoms with van der Waals surface area (Å²) in [6.45, 7) is 0.471. The standard InChI is InChI=1S/C20H26O2/c21-5-8-11-6-1-3-9-13(6)17-15(11)16-12(8)7-2-4-10-14(7)18(16)19(17)20(9,10)22/h6-19,21-22H,1-5H2/t6-,7+,8?,9-,10+,11-,12-,13+,14-,15-,16-,17+,18-,19?,20?/m0/s1. The molecule has 0 aromatic rings. The van der Waals surface area contributed by atoms with Gasteiger partial charge in [0, 0.05) is 6.61 Å². The van der Waals surface area contributed by atoms with Crippen LogP contribution in [0.15, 0.2) is 0 Å². The van der Waals surface area contributed by atoms with Gasteiger partial charge in [0.05, 0.1) is 5.60 Å². The van der Waals surface area contributed by atoms with E-state index in [0.717, 1.165) is 59.2 Å². The Bertz CT molecular complexity index is 569. The van der Waals surface area contributed by atoms with Crippen molar-refractivity contribution in [2.45, 2.75) is 31.3 Å². The van der Waals surface area contributed by atoms with E-state index in [-0.39, 0.29) is 5.60 Å². The highest BCUT2D eigenvalue weighted by Crippen LogP contribution is 2.89. The van der Waals surface area contributed by atoms with Crippen LogP contribution in [0.2, 0.25) is 0 Å². The second-order valence-electron chi connectivity index (χ2n) is 10.6. The topological polar surface area (TPSA) is 40.5 Å². The number of aliphatic hydroxyl groups excluding tert-OH is 1. The van der Waals surface area contributed by atoms with Gasteiger partial charge in [-0.3, -0.25) is 0 Å². The number of hydrogen-bond acceptors (Lipinski definition) is 2. The zero-order valence-corrected chi connectivity index (χ0v) is 13.0. The van der Waals surface area contributed by atoms with Crippen LogP contribution in [-0.2, 0) is 0 Å². The summed E-state index contributed by atoms with van der Waals surface area (Å²) in [6, 6.07) is 0. The lowest BCUT2D eigenvalue weighted by Crippen LogP contribution is -2.44. The molecule has 0 amide bonds. The number of rotatable bonds is 1. The molecule has 0 radical (unpaired) electrons. The van der Waals surface area contributed by atoms with Crippen LogP contribution in [0.4, 0.5) is 0 Å². The molecule has 8 aliphatic carbocycles. The zero-order valence-electron chi connectivity index (χ0n) is 13.0. The van der Waals surface area contributed by atoms with Crippen molar-refractivity contribution in [3.05, 3.63) is 0 Å². The predicted octanol–water partition coefficient (Wildman–Crippen LogP) is 2.01. The Morgan fingerprint density at radius 1 is 0.682 bits per heavy atom. The first-order valence-electron chi connectivity index (χ1n) is 10.1. The Morgan fingerprint density at radius 2 is 1.23 bits per heavy atom. The van der Waals surface area contributed by atoms with Crippen molar-refractivity contribution < 1.29 is 10.2 Å². The van der Waals surface area contributed by atoms with E-state index in [1.54, 1.807) is 0 Å². The van der Waals surface area contributed by atoms with Gasteiger partial charge in [-0.2, -0.15) is 0 Å². The summed E-state index contributed by atoms with van der Waals surface area (Å²) in [7, 11) is 0. The molecule has 0 aromatic carbocycles. The molecule has 0 bridgehead atoms. The van der Waals surface area contributed by atoms with Gasteiger partial charge in [-0.05, 0) is 109 Å². The van der Waals surface area contributed by atoms with Crippen LogP contribution in [0.5, 0.6) is 0 Å². The Labute approximate surface area is 131 Å². The van der Waals surface area contributed by atoms with Crippen molar-refractivity contribution in [3.63, 3.8) is 0 Å². The average Bonchev–Trinajstić information content (AvgIpc) is 3.25. The predicted molar refractivity (Wildman–Crippen MR) is 79.4 cm³/mol. The highest BCUT2D eigenvalue weighted by molar-refractivity contribution is 5.36. The molecule has 3 unspecified atom stereocenters. The van der Waals surface area contributed by atoms with E-state index in [0.29, 0.717) is 30.3 Å². The van der Waals surface area contributed by atoms with Gasteiger partial charge in [-0.1, -0.05) is 0 Å². The third-order valence-corrected chi connectivity index (χ3v) is 11.4. The second-order valence-corrected chi connectivity index (χ2v) is 10.6. The maximum Gasteiger partial charge on any atom is 0.0743 e. The summed E-state index contributed by atoms with van der Waals surface area (Å²) in [4.78, 5) is 0. The quantitative estimate of drug-likeness (QED) is 0.777. The van der Waals surface area contributed by atoms with Crippen LogP contribution < -0.4 is 0 Å². The van der Waals surface area contributed by atoms with E-state index in [1.165, 1.54) is 25.7 Å². The van der Waals surface area contributed by atoms with E-state index >= 15 is 0 Å². The van der Waals surface area contributed by atoms with Crippen molar-refractivity contribution in [1.29, 1.82) is 0 Å². The lowest BCUT2D eigenvalue weighted by molar-refractivity contribution is -0.0732. The molecule has 0 spiro atoms. The normalized spacial score (nSPS) is 82.6. The molecule has 0 heterocycles. The van der Waals surface area contributed by atoms with Crippen LogP contribution in [0, 0.1) is 82.9 Å². The van der Waals surface area contributed by atoms with Gasteiger partial charge in [0.1, 0.15) is 0 Å². The Morgan fingerprint density at radius 3 is 1.73 bits per heavy atom. The van der Waals surface area contributed by atoms with Gasteiger partial charge in [0.2, 0.25) is 0 Å². The van der Waals surface area contributed by atoms with Crippen LogP contribution in [0.3, 0.4) is 0 Å². The van der Waals surface area contributed by atoms with Crippen molar-refractivity contribution in [2.75, 3.05) is 6.61 Å². The monoisotopic (exact) mass is 298 g/mol. The third kappa shape index (κ3) is 0.744. The maximum absolute atomic E-state index is 12.0. The van der Waals surface area contributed by atoms with Gasteiger partial charge in [0.15, 0.2) is 0 Å². The number of fused-ring (bicyclic) bond motifs is 4. The molecular weight excluding hydrogens is 272 g/mol. The van der Waals surface area contributed by atoms with Crippen LogP contribution >= 0.6 is 0 Å². The first-order valence-corrected chi connectivity index (χ1v) is 10.1. The molecule has 2 nitrogen and oxygen atoms in total. The van der Waals surface area contributed by atoms with E-state index in [9.17, 15) is 10.2 Å². The molecule has 8 rings (SSSR count). The summed E-state index contributed by atoms with van der Waals surface area (Å²) in [5, 5.41) is 22.3. The molecule has 2 N–H and O–H groups in total. The van der Waals surface area contributed by atoms with Gasteiger partial charge >= 0.3 is 0 Å². The van der Waals surface area contributed by atoms with Gasteiger partial charge in [-0.15, -0.1) is 0 Å². The zero-order chi connectivity index (χ0) is 14.1. The largest absolute Gasteiger partial charge is 0.396 e. The summed E-state index contributed by atoms with van der Waals surface area (Å²) in [5.74, 6) is 11.5. The molecule has 0 aliphatic heterocycles. The molecule has 8 aliphatic rings. The third-order valence-electron chi connectivity index (χ3n) is 11.4. The molecule has 8 fully saturated rings. The van der Waals surface area contributed by atoms with E-state index in [2.05, 4.69) is 0 Å². The minimum Gasteiger partial charge on any atom is -0.396 e. The fraction of sp³-hybridized carbons (Fsp3) is 1.00. The molecule has 0 aromatic heterocycles. The van der Waals surface area contributed by atoms with Crippen molar-refractivity contribution in [3.8, 4) is 0 Å². The Kier molecular flexibility index (Phi) is 1.55. The summed E-state index contributed by atoms with van der Waals surface area (Å²) < 4.78 is 0. The molecule has 0 saturated heterocycles. The molecule has 118 valence electrons. The van der Waals surface area contributed by atoms with Crippen LogP contribution in [-0.4, -0.2) is 22.4 Å². The second kappa shape index (κ2) is 2.96. The highest BCUT2D eigenvalue weighted by Gasteiger charge is 2.88. The first-order chi connectivity index (χ1) is 10.8. The van der Waals surface area contributed by atoms with Crippen molar-refractivity contribution >= 4 is 0 Å². The lowest BCUT2D eigenvalue weighted by atomic mass is 9.71. The van der Waals surface area contributed by atoms with Gasteiger partial charge in [0.25, 0.3) is 0 Å². The SMILES string of the molecule is OCC1[C@@H]2[C@H]3CC[C@@H]4[C@H]3[C@@H]3C5[C@H]6[C@@H]([C@H]1[C@@H]1CC[C@@H]([C@@H]16)C54O)[C@H]23. The minimum absolute atomic E-state index is 0.233. The van der Waals surface area contributed by atoms with Crippen molar-refractivity contribution in [2.24, 2.45) is 82.9 Å². The molecule has 22 heavy (non-hydrogen) atoms. The molecular formula is C20H26O2. The smallest absolute Gasteiger partial charge is 0.0743 e. The Hall–Kier alpha value is -0.0800.